The molecule has 6 nitrogen and oxygen atoms in total. The Morgan fingerprint density at radius 2 is 2.27 bits per heavy atom. The zero-order chi connectivity index (χ0) is 9.99. The standard InChI is InChI=1S/C9H10N6/c1-3-4-2-5-7(6(3)4)10-11-8(5)9-12-14-15-13-9/h3-4,6H,2H2,1H3,(H,10,11)(H,12,13,14,15)/t3-,4-,6+/m0/s1. The molecule has 15 heavy (non-hydrogen) atoms. The molecule has 6 heteroatoms. The summed E-state index contributed by atoms with van der Waals surface area (Å²) >= 11 is 0. The number of nitrogens with one attached hydrogen (secondary N) is 2. The number of aromatic nitrogens is 6. The molecular weight excluding hydrogens is 192 g/mol. The largest absolute Gasteiger partial charge is 0.274 e. The van der Waals surface area contributed by atoms with Gasteiger partial charge in [-0.3, -0.25) is 5.10 Å². The Morgan fingerprint density at radius 1 is 1.33 bits per heavy atom. The third-order valence-electron chi connectivity index (χ3n) is 3.79. The Labute approximate surface area is 85.5 Å². The van der Waals surface area contributed by atoms with Crippen molar-refractivity contribution in [2.75, 3.05) is 0 Å². The molecule has 0 aliphatic heterocycles. The molecule has 2 aromatic heterocycles. The van der Waals surface area contributed by atoms with Crippen molar-refractivity contribution < 1.29 is 0 Å². The molecule has 2 heterocycles. The number of hydrogen-bond acceptors (Lipinski definition) is 4. The van der Waals surface area contributed by atoms with E-state index in [1.54, 1.807) is 0 Å². The van der Waals surface area contributed by atoms with Crippen LogP contribution in [0.2, 0.25) is 0 Å². The summed E-state index contributed by atoms with van der Waals surface area (Å²) in [6, 6.07) is 0. The van der Waals surface area contributed by atoms with Gasteiger partial charge < -0.3 is 0 Å². The second-order valence-corrected chi connectivity index (χ2v) is 4.45. The van der Waals surface area contributed by atoms with E-state index in [1.165, 1.54) is 11.3 Å². The number of nitrogens with zero attached hydrogens (tertiary/aromatic N) is 4. The van der Waals surface area contributed by atoms with Crippen molar-refractivity contribution >= 4 is 0 Å². The molecule has 0 spiro atoms. The van der Waals surface area contributed by atoms with Crippen LogP contribution >= 0.6 is 0 Å². The van der Waals surface area contributed by atoms with E-state index in [0.717, 1.165) is 24.0 Å². The monoisotopic (exact) mass is 202 g/mol. The van der Waals surface area contributed by atoms with Gasteiger partial charge in [-0.25, -0.2) is 0 Å². The average molecular weight is 202 g/mol. The maximum atomic E-state index is 4.38. The van der Waals surface area contributed by atoms with Gasteiger partial charge in [0.25, 0.3) is 0 Å². The first-order valence-corrected chi connectivity index (χ1v) is 5.17. The predicted molar refractivity (Wildman–Crippen MR) is 50.9 cm³/mol. The van der Waals surface area contributed by atoms with Crippen LogP contribution in [0.4, 0.5) is 0 Å². The highest BCUT2D eigenvalue weighted by Crippen LogP contribution is 2.61. The molecule has 3 atom stereocenters. The van der Waals surface area contributed by atoms with Gasteiger partial charge in [-0.05, 0) is 23.5 Å². The Kier molecular flexibility index (Phi) is 1.14. The van der Waals surface area contributed by atoms with Gasteiger partial charge in [0.1, 0.15) is 5.69 Å². The lowest BCUT2D eigenvalue weighted by molar-refractivity contribution is 0.753. The molecule has 0 amide bonds. The first-order valence-electron chi connectivity index (χ1n) is 5.17. The van der Waals surface area contributed by atoms with Crippen LogP contribution in [0.15, 0.2) is 0 Å². The summed E-state index contributed by atoms with van der Waals surface area (Å²) in [5.41, 5.74) is 3.47. The smallest absolute Gasteiger partial charge is 0.222 e. The summed E-state index contributed by atoms with van der Waals surface area (Å²) in [6.07, 6.45) is 1.11. The average Bonchev–Trinajstić information content (AvgIpc) is 2.76. The lowest BCUT2D eigenvalue weighted by Gasteiger charge is -1.97. The predicted octanol–water partition coefficient (Wildman–Crippen LogP) is 0.495. The Hall–Kier alpha value is -1.72. The third kappa shape index (κ3) is 0.800. The zero-order valence-electron chi connectivity index (χ0n) is 8.23. The summed E-state index contributed by atoms with van der Waals surface area (Å²) < 4.78 is 0. The van der Waals surface area contributed by atoms with E-state index >= 15 is 0 Å². The van der Waals surface area contributed by atoms with Gasteiger partial charge in [0.05, 0.1) is 5.69 Å². The number of tetrazole rings is 1. The van der Waals surface area contributed by atoms with Gasteiger partial charge >= 0.3 is 0 Å². The Balaban J connectivity index is 1.85. The molecule has 2 aliphatic rings. The van der Waals surface area contributed by atoms with Crippen molar-refractivity contribution in [2.45, 2.75) is 19.3 Å². The highest BCUT2D eigenvalue weighted by Gasteiger charge is 2.55. The summed E-state index contributed by atoms with van der Waals surface area (Å²) in [5, 5.41) is 21.4. The van der Waals surface area contributed by atoms with E-state index < -0.39 is 0 Å². The Bertz CT molecular complexity index is 513. The quantitative estimate of drug-likeness (QED) is 0.705. The van der Waals surface area contributed by atoms with E-state index in [4.69, 9.17) is 0 Å². The molecule has 76 valence electrons. The normalized spacial score (nSPS) is 31.4. The maximum Gasteiger partial charge on any atom is 0.222 e. The van der Waals surface area contributed by atoms with Gasteiger partial charge in [0, 0.05) is 11.5 Å². The minimum atomic E-state index is 0.623. The maximum absolute atomic E-state index is 4.38. The van der Waals surface area contributed by atoms with Crippen LogP contribution < -0.4 is 0 Å². The van der Waals surface area contributed by atoms with Gasteiger partial charge in [0.2, 0.25) is 5.82 Å². The highest BCUT2D eigenvalue weighted by molar-refractivity contribution is 5.59. The molecule has 2 N–H and O–H groups in total. The number of rotatable bonds is 1. The molecule has 4 rings (SSSR count). The van der Waals surface area contributed by atoms with Gasteiger partial charge in [-0.1, -0.05) is 6.92 Å². The van der Waals surface area contributed by atoms with Crippen LogP contribution in [0, 0.1) is 11.8 Å². The molecule has 0 saturated heterocycles. The fourth-order valence-corrected chi connectivity index (χ4v) is 2.86. The summed E-state index contributed by atoms with van der Waals surface area (Å²) in [4.78, 5) is 0. The molecule has 1 saturated carbocycles. The van der Waals surface area contributed by atoms with Gasteiger partial charge in [-0.2, -0.15) is 10.3 Å². The Morgan fingerprint density at radius 3 is 3.07 bits per heavy atom. The number of H-pyrrole nitrogens is 2. The fourth-order valence-electron chi connectivity index (χ4n) is 2.86. The first-order chi connectivity index (χ1) is 7.36. The van der Waals surface area contributed by atoms with E-state index in [0.29, 0.717) is 11.7 Å². The second-order valence-electron chi connectivity index (χ2n) is 4.45. The molecular formula is C9H10N6. The highest BCUT2D eigenvalue weighted by atomic mass is 15.5. The summed E-state index contributed by atoms with van der Waals surface area (Å²) in [6.45, 7) is 2.29. The van der Waals surface area contributed by atoms with Gasteiger partial charge in [0.15, 0.2) is 0 Å². The van der Waals surface area contributed by atoms with Gasteiger partial charge in [-0.15, -0.1) is 10.2 Å². The molecule has 0 bridgehead atoms. The topological polar surface area (TPSA) is 83.1 Å². The molecule has 0 radical (unpaired) electrons. The number of aromatic amines is 2. The number of hydrogen-bond donors (Lipinski definition) is 2. The van der Waals surface area contributed by atoms with E-state index in [9.17, 15) is 0 Å². The molecule has 0 unspecified atom stereocenters. The molecule has 0 aromatic carbocycles. The minimum absolute atomic E-state index is 0.623. The van der Waals surface area contributed by atoms with Crippen LogP contribution in [0.3, 0.4) is 0 Å². The third-order valence-corrected chi connectivity index (χ3v) is 3.79. The van der Waals surface area contributed by atoms with Crippen LogP contribution in [0.5, 0.6) is 0 Å². The van der Waals surface area contributed by atoms with Crippen LogP contribution in [0.25, 0.3) is 11.5 Å². The van der Waals surface area contributed by atoms with E-state index in [1.807, 2.05) is 0 Å². The first kappa shape index (κ1) is 7.56. The van der Waals surface area contributed by atoms with Crippen molar-refractivity contribution in [3.05, 3.63) is 11.3 Å². The van der Waals surface area contributed by atoms with Crippen LogP contribution in [0.1, 0.15) is 24.1 Å². The van der Waals surface area contributed by atoms with Crippen molar-refractivity contribution in [1.29, 1.82) is 0 Å². The van der Waals surface area contributed by atoms with Crippen LogP contribution in [-0.4, -0.2) is 30.8 Å². The lowest BCUT2D eigenvalue weighted by atomic mass is 10.1. The van der Waals surface area contributed by atoms with Crippen molar-refractivity contribution in [1.82, 2.24) is 30.8 Å². The van der Waals surface area contributed by atoms with E-state index in [2.05, 4.69) is 37.7 Å². The number of fused-ring (bicyclic) bond motifs is 3. The SMILES string of the molecule is C[C@H]1[C@@H]2Cc3c(n[nH]c3-c3nn[nH]n3)[C@H]12. The molecule has 1 fully saturated rings. The van der Waals surface area contributed by atoms with Crippen molar-refractivity contribution in [2.24, 2.45) is 11.8 Å². The van der Waals surface area contributed by atoms with Crippen molar-refractivity contribution in [3.63, 3.8) is 0 Å². The fraction of sp³-hybridized carbons (Fsp3) is 0.556. The summed E-state index contributed by atoms with van der Waals surface area (Å²) in [7, 11) is 0. The lowest BCUT2D eigenvalue weighted by Crippen LogP contribution is -1.91. The van der Waals surface area contributed by atoms with E-state index in [-0.39, 0.29) is 0 Å². The molecule has 2 aliphatic carbocycles. The minimum Gasteiger partial charge on any atom is -0.274 e. The van der Waals surface area contributed by atoms with Crippen LogP contribution in [-0.2, 0) is 6.42 Å². The second kappa shape index (κ2) is 2.26. The van der Waals surface area contributed by atoms with Crippen molar-refractivity contribution in [3.8, 4) is 11.5 Å². The molecule has 2 aromatic rings. The summed E-state index contributed by atoms with van der Waals surface area (Å²) in [5.74, 6) is 2.91. The zero-order valence-corrected chi connectivity index (χ0v) is 8.23.